The van der Waals surface area contributed by atoms with Gasteiger partial charge in [-0.25, -0.2) is 0 Å². The number of rotatable bonds is 3. The third-order valence-corrected chi connectivity index (χ3v) is 2.34. The molecule has 1 aliphatic rings. The molecule has 0 aliphatic carbocycles. The van der Waals surface area contributed by atoms with E-state index >= 15 is 0 Å². The Hall–Kier alpha value is -0.590. The summed E-state index contributed by atoms with van der Waals surface area (Å²) in [6.07, 6.45) is 2.74. The van der Waals surface area contributed by atoms with Gasteiger partial charge in [-0.3, -0.25) is 0 Å². The van der Waals surface area contributed by atoms with Crippen molar-refractivity contribution in [2.45, 2.75) is 19.3 Å². The SMILES string of the molecule is COCCC1(C#N)CCCOC1. The van der Waals surface area contributed by atoms with E-state index in [1.807, 2.05) is 0 Å². The van der Waals surface area contributed by atoms with Crippen LogP contribution in [0.1, 0.15) is 19.3 Å². The van der Waals surface area contributed by atoms with E-state index < -0.39 is 0 Å². The monoisotopic (exact) mass is 169 g/mol. The Morgan fingerprint density at radius 1 is 1.67 bits per heavy atom. The highest BCUT2D eigenvalue weighted by molar-refractivity contribution is 5.00. The van der Waals surface area contributed by atoms with Crippen molar-refractivity contribution in [2.75, 3.05) is 26.9 Å². The lowest BCUT2D eigenvalue weighted by atomic mass is 9.81. The summed E-state index contributed by atoms with van der Waals surface area (Å²) in [6.45, 7) is 2.03. The van der Waals surface area contributed by atoms with Crippen molar-refractivity contribution in [1.29, 1.82) is 5.26 Å². The van der Waals surface area contributed by atoms with Gasteiger partial charge in [0, 0.05) is 20.3 Å². The van der Waals surface area contributed by atoms with E-state index in [1.165, 1.54) is 0 Å². The van der Waals surface area contributed by atoms with E-state index in [-0.39, 0.29) is 5.41 Å². The molecule has 0 spiro atoms. The molecule has 68 valence electrons. The van der Waals surface area contributed by atoms with Crippen LogP contribution < -0.4 is 0 Å². The predicted molar refractivity (Wildman–Crippen MR) is 44.6 cm³/mol. The molecule has 3 heteroatoms. The molecule has 1 aliphatic heterocycles. The molecule has 0 amide bonds. The van der Waals surface area contributed by atoms with Gasteiger partial charge in [-0.05, 0) is 19.3 Å². The molecule has 0 bridgehead atoms. The zero-order valence-electron chi connectivity index (χ0n) is 7.51. The van der Waals surface area contributed by atoms with E-state index in [4.69, 9.17) is 14.7 Å². The van der Waals surface area contributed by atoms with Gasteiger partial charge in [0.1, 0.15) is 0 Å². The molecule has 1 saturated heterocycles. The van der Waals surface area contributed by atoms with Crippen LogP contribution >= 0.6 is 0 Å². The molecule has 0 N–H and O–H groups in total. The maximum atomic E-state index is 8.98. The van der Waals surface area contributed by atoms with Crippen molar-refractivity contribution in [3.8, 4) is 6.07 Å². The Morgan fingerprint density at radius 3 is 3.00 bits per heavy atom. The lowest BCUT2D eigenvalue weighted by Crippen LogP contribution is -2.31. The summed E-state index contributed by atoms with van der Waals surface area (Å²) in [7, 11) is 1.66. The standard InChI is InChI=1S/C9H15NO2/c1-11-6-4-9(7-10)3-2-5-12-8-9/h2-6,8H2,1H3. The van der Waals surface area contributed by atoms with Gasteiger partial charge in [-0.1, -0.05) is 0 Å². The molecule has 0 saturated carbocycles. The molecule has 1 heterocycles. The minimum absolute atomic E-state index is 0.270. The molecule has 0 aromatic carbocycles. The number of hydrogen-bond donors (Lipinski definition) is 0. The Labute approximate surface area is 73.3 Å². The van der Waals surface area contributed by atoms with Crippen molar-refractivity contribution in [2.24, 2.45) is 5.41 Å². The Morgan fingerprint density at radius 2 is 2.50 bits per heavy atom. The lowest BCUT2D eigenvalue weighted by molar-refractivity contribution is 0.00654. The van der Waals surface area contributed by atoms with Crippen LogP contribution in [0.5, 0.6) is 0 Å². The minimum atomic E-state index is -0.270. The van der Waals surface area contributed by atoms with E-state index in [0.29, 0.717) is 13.2 Å². The molecule has 1 fully saturated rings. The van der Waals surface area contributed by atoms with E-state index in [0.717, 1.165) is 25.9 Å². The molecular formula is C9H15NO2. The minimum Gasteiger partial charge on any atom is -0.385 e. The summed E-state index contributed by atoms with van der Waals surface area (Å²) in [5.74, 6) is 0. The van der Waals surface area contributed by atoms with Crippen LogP contribution in [0.4, 0.5) is 0 Å². The van der Waals surface area contributed by atoms with E-state index in [9.17, 15) is 0 Å². The predicted octanol–water partition coefficient (Wildman–Crippen LogP) is 1.34. The van der Waals surface area contributed by atoms with Gasteiger partial charge in [0.2, 0.25) is 0 Å². The van der Waals surface area contributed by atoms with Gasteiger partial charge >= 0.3 is 0 Å². The summed E-state index contributed by atoms with van der Waals surface area (Å²) < 4.78 is 10.3. The Bertz CT molecular complexity index is 168. The van der Waals surface area contributed by atoms with Gasteiger partial charge in [-0.2, -0.15) is 5.26 Å². The zero-order chi connectivity index (χ0) is 8.86. The smallest absolute Gasteiger partial charge is 0.0829 e. The summed E-state index contributed by atoms with van der Waals surface area (Å²) >= 11 is 0. The third-order valence-electron chi connectivity index (χ3n) is 2.34. The highest BCUT2D eigenvalue weighted by atomic mass is 16.5. The fraction of sp³-hybridized carbons (Fsp3) is 0.889. The van der Waals surface area contributed by atoms with Crippen LogP contribution in [-0.4, -0.2) is 26.9 Å². The second-order valence-electron chi connectivity index (χ2n) is 3.29. The molecular weight excluding hydrogens is 154 g/mol. The molecule has 0 radical (unpaired) electrons. The molecule has 3 nitrogen and oxygen atoms in total. The van der Waals surface area contributed by atoms with Crippen molar-refractivity contribution in [1.82, 2.24) is 0 Å². The second-order valence-corrected chi connectivity index (χ2v) is 3.29. The number of ether oxygens (including phenoxy) is 2. The number of nitrogens with zero attached hydrogens (tertiary/aromatic N) is 1. The highest BCUT2D eigenvalue weighted by Gasteiger charge is 2.32. The quantitative estimate of drug-likeness (QED) is 0.640. The Kier molecular flexibility index (Phi) is 3.51. The maximum Gasteiger partial charge on any atom is 0.0829 e. The molecule has 1 rings (SSSR count). The first-order chi connectivity index (χ1) is 5.83. The summed E-state index contributed by atoms with van der Waals surface area (Å²) in [5, 5.41) is 8.98. The average Bonchev–Trinajstić information content (AvgIpc) is 2.16. The first-order valence-electron chi connectivity index (χ1n) is 4.31. The van der Waals surface area contributed by atoms with Crippen LogP contribution in [0, 0.1) is 16.7 Å². The van der Waals surface area contributed by atoms with Crippen molar-refractivity contribution in [3.05, 3.63) is 0 Å². The molecule has 0 aromatic rings. The molecule has 0 aromatic heterocycles. The molecule has 1 atom stereocenters. The summed E-state index contributed by atoms with van der Waals surface area (Å²) in [5.41, 5.74) is -0.270. The van der Waals surface area contributed by atoms with Crippen molar-refractivity contribution in [3.63, 3.8) is 0 Å². The maximum absolute atomic E-state index is 8.98. The highest BCUT2D eigenvalue weighted by Crippen LogP contribution is 2.31. The molecule has 12 heavy (non-hydrogen) atoms. The van der Waals surface area contributed by atoms with E-state index in [2.05, 4.69) is 6.07 Å². The lowest BCUT2D eigenvalue weighted by Gasteiger charge is -2.30. The topological polar surface area (TPSA) is 42.2 Å². The first kappa shape index (κ1) is 9.50. The van der Waals surface area contributed by atoms with Gasteiger partial charge in [0.25, 0.3) is 0 Å². The van der Waals surface area contributed by atoms with Crippen LogP contribution in [0.25, 0.3) is 0 Å². The Balaban J connectivity index is 2.44. The van der Waals surface area contributed by atoms with Gasteiger partial charge in [-0.15, -0.1) is 0 Å². The number of hydrogen-bond acceptors (Lipinski definition) is 3. The van der Waals surface area contributed by atoms with E-state index in [1.54, 1.807) is 7.11 Å². The second kappa shape index (κ2) is 4.44. The average molecular weight is 169 g/mol. The molecule has 1 unspecified atom stereocenters. The largest absolute Gasteiger partial charge is 0.385 e. The van der Waals surface area contributed by atoms with Gasteiger partial charge < -0.3 is 9.47 Å². The fourth-order valence-electron chi connectivity index (χ4n) is 1.49. The summed E-state index contributed by atoms with van der Waals surface area (Å²) in [4.78, 5) is 0. The van der Waals surface area contributed by atoms with Crippen LogP contribution in [0.2, 0.25) is 0 Å². The van der Waals surface area contributed by atoms with Crippen LogP contribution in [0.15, 0.2) is 0 Å². The fourth-order valence-corrected chi connectivity index (χ4v) is 1.49. The summed E-state index contributed by atoms with van der Waals surface area (Å²) in [6, 6.07) is 2.35. The van der Waals surface area contributed by atoms with Crippen LogP contribution in [-0.2, 0) is 9.47 Å². The van der Waals surface area contributed by atoms with Crippen LogP contribution in [0.3, 0.4) is 0 Å². The normalized spacial score (nSPS) is 29.7. The third kappa shape index (κ3) is 2.20. The van der Waals surface area contributed by atoms with Crippen molar-refractivity contribution < 1.29 is 9.47 Å². The first-order valence-corrected chi connectivity index (χ1v) is 4.31. The van der Waals surface area contributed by atoms with Gasteiger partial charge in [0.15, 0.2) is 0 Å². The number of nitriles is 1. The number of methoxy groups -OCH3 is 1. The zero-order valence-corrected chi connectivity index (χ0v) is 7.51. The van der Waals surface area contributed by atoms with Crippen molar-refractivity contribution >= 4 is 0 Å². The van der Waals surface area contributed by atoms with Gasteiger partial charge in [0.05, 0.1) is 18.1 Å².